The number of amides is 1. The number of likely N-dealkylation sites (N-methyl/N-ethyl adjacent to an activating group) is 1. The van der Waals surface area contributed by atoms with Crippen LogP contribution in [0, 0.1) is 0 Å². The van der Waals surface area contributed by atoms with Crippen LogP contribution < -0.4 is 10.2 Å². The van der Waals surface area contributed by atoms with Crippen molar-refractivity contribution in [1.29, 1.82) is 0 Å². The number of para-hydroxylation sites is 1. The lowest BCUT2D eigenvalue weighted by Gasteiger charge is -2.32. The van der Waals surface area contributed by atoms with Crippen LogP contribution in [-0.4, -0.2) is 50.1 Å². The zero-order chi connectivity index (χ0) is 27.1. The molecule has 10 heteroatoms. The molecule has 0 unspecified atom stereocenters. The molecule has 37 heavy (non-hydrogen) atoms. The summed E-state index contributed by atoms with van der Waals surface area (Å²) in [6.45, 7) is 12.7. The van der Waals surface area contributed by atoms with Gasteiger partial charge in [0, 0.05) is 31.1 Å². The van der Waals surface area contributed by atoms with Crippen molar-refractivity contribution < 1.29 is 9.22 Å². The number of rotatable bonds is 6. The van der Waals surface area contributed by atoms with Crippen molar-refractivity contribution in [2.75, 3.05) is 30.4 Å². The number of nitrogens with zero attached hydrogens (tertiary/aromatic N) is 3. The Morgan fingerprint density at radius 2 is 1.78 bits per heavy atom. The summed E-state index contributed by atoms with van der Waals surface area (Å²) in [6, 6.07) is 10.8. The summed E-state index contributed by atoms with van der Waals surface area (Å²) in [5.74, 6) is -0.395. The SMILES string of the molecule is CN1CCN(c2c(C(C)(C)C)c(CO[Si](C)C)nc3c(NC(=O)c4c(Cl)cccc4Cl)cccc23)C1=S. The van der Waals surface area contributed by atoms with Gasteiger partial charge >= 0.3 is 0 Å². The van der Waals surface area contributed by atoms with Gasteiger partial charge in [0.15, 0.2) is 5.11 Å². The zero-order valence-corrected chi connectivity index (χ0v) is 25.2. The number of carbonyl (C=O) groups is 1. The lowest BCUT2D eigenvalue weighted by Crippen LogP contribution is -2.32. The first-order valence-electron chi connectivity index (χ1n) is 12.1. The molecule has 1 aromatic heterocycles. The maximum absolute atomic E-state index is 13.3. The van der Waals surface area contributed by atoms with Crippen molar-refractivity contribution in [3.05, 3.63) is 63.3 Å². The lowest BCUT2D eigenvalue weighted by molar-refractivity contribution is 0.102. The summed E-state index contributed by atoms with van der Waals surface area (Å²) < 4.78 is 6.16. The van der Waals surface area contributed by atoms with Crippen molar-refractivity contribution in [3.8, 4) is 0 Å². The van der Waals surface area contributed by atoms with Crippen LogP contribution in [0.15, 0.2) is 36.4 Å². The van der Waals surface area contributed by atoms with Gasteiger partial charge in [-0.15, -0.1) is 0 Å². The van der Waals surface area contributed by atoms with Gasteiger partial charge in [-0.05, 0) is 48.9 Å². The quantitative estimate of drug-likeness (QED) is 0.256. The number of nitrogens with one attached hydrogen (secondary N) is 1. The average molecular weight is 575 g/mol. The minimum absolute atomic E-state index is 0.226. The maximum atomic E-state index is 13.3. The minimum atomic E-state index is -0.957. The second-order valence-electron chi connectivity index (χ2n) is 10.3. The number of anilines is 2. The standard InChI is InChI=1S/C27H31Cl2N4O2SSi/c1-27(2,3)22-20(15-35-37(5)6)30-23-16(24(22)33-14-13-32(4)26(33)36)9-7-12-19(23)31-25(34)21-17(28)10-8-11-18(21)29/h7-12H,13-15H2,1-6H3,(H,31,34). The van der Waals surface area contributed by atoms with Gasteiger partial charge in [-0.3, -0.25) is 4.79 Å². The third-order valence-electron chi connectivity index (χ3n) is 6.24. The molecule has 0 saturated carbocycles. The molecule has 6 nitrogen and oxygen atoms in total. The smallest absolute Gasteiger partial charge is 0.258 e. The Labute approximate surface area is 235 Å². The summed E-state index contributed by atoms with van der Waals surface area (Å²) in [6.07, 6.45) is 0. The fraction of sp³-hybridized carbons (Fsp3) is 0.370. The van der Waals surface area contributed by atoms with E-state index < -0.39 is 14.9 Å². The molecular formula is C27H31Cl2N4O2SSi. The topological polar surface area (TPSA) is 57.7 Å². The van der Waals surface area contributed by atoms with E-state index in [4.69, 9.17) is 44.8 Å². The molecule has 1 radical (unpaired) electrons. The van der Waals surface area contributed by atoms with E-state index >= 15 is 0 Å². The maximum Gasteiger partial charge on any atom is 0.258 e. The van der Waals surface area contributed by atoms with Gasteiger partial charge in [-0.2, -0.15) is 0 Å². The number of aromatic nitrogens is 1. The Balaban J connectivity index is 1.96. The van der Waals surface area contributed by atoms with Gasteiger partial charge in [-0.1, -0.05) is 62.2 Å². The van der Waals surface area contributed by atoms with E-state index in [0.717, 1.165) is 40.5 Å². The van der Waals surface area contributed by atoms with Crippen molar-refractivity contribution in [1.82, 2.24) is 9.88 Å². The van der Waals surface area contributed by atoms with E-state index in [0.29, 0.717) is 17.8 Å². The largest absolute Gasteiger partial charge is 0.411 e. The number of halogens is 2. The molecule has 195 valence electrons. The number of benzene rings is 2. The Bertz CT molecular complexity index is 1360. The van der Waals surface area contributed by atoms with Gasteiger partial charge in [0.05, 0.1) is 44.8 Å². The molecule has 1 N–H and O–H groups in total. The molecule has 1 amide bonds. The van der Waals surface area contributed by atoms with Crippen molar-refractivity contribution in [2.24, 2.45) is 0 Å². The Morgan fingerprint density at radius 3 is 2.35 bits per heavy atom. The Hall–Kier alpha value is -2.23. The van der Waals surface area contributed by atoms with Gasteiger partial charge in [0.25, 0.3) is 5.91 Å². The third-order valence-corrected chi connectivity index (χ3v) is 8.12. The Kier molecular flexibility index (Phi) is 8.16. The van der Waals surface area contributed by atoms with Crippen LogP contribution in [-0.2, 0) is 16.4 Å². The molecule has 1 aliphatic heterocycles. The van der Waals surface area contributed by atoms with Gasteiger partial charge in [-0.25, -0.2) is 4.98 Å². The van der Waals surface area contributed by atoms with Crippen molar-refractivity contribution in [3.63, 3.8) is 0 Å². The van der Waals surface area contributed by atoms with Gasteiger partial charge in [0.2, 0.25) is 9.04 Å². The summed E-state index contributed by atoms with van der Waals surface area (Å²) in [5.41, 5.74) is 4.18. The normalized spacial score (nSPS) is 14.2. The van der Waals surface area contributed by atoms with E-state index in [1.165, 1.54) is 0 Å². The summed E-state index contributed by atoms with van der Waals surface area (Å²) in [4.78, 5) is 22.7. The molecule has 1 fully saturated rings. The van der Waals surface area contributed by atoms with Crippen LogP contribution in [0.4, 0.5) is 11.4 Å². The van der Waals surface area contributed by atoms with Crippen molar-refractivity contribution in [2.45, 2.75) is 45.9 Å². The van der Waals surface area contributed by atoms with Gasteiger partial charge in [0.1, 0.15) is 0 Å². The molecule has 4 rings (SSSR count). The molecule has 2 aromatic carbocycles. The second kappa shape index (κ2) is 10.9. The Morgan fingerprint density at radius 1 is 1.14 bits per heavy atom. The van der Waals surface area contributed by atoms with E-state index in [-0.39, 0.29) is 21.0 Å². The number of carbonyl (C=O) groups excluding carboxylic acids is 1. The number of fused-ring (bicyclic) bond motifs is 1. The molecular weight excluding hydrogens is 543 g/mol. The zero-order valence-electron chi connectivity index (χ0n) is 21.9. The van der Waals surface area contributed by atoms with Crippen LogP contribution in [0.25, 0.3) is 10.9 Å². The van der Waals surface area contributed by atoms with Crippen LogP contribution >= 0.6 is 35.4 Å². The molecule has 0 aliphatic carbocycles. The molecule has 2 heterocycles. The fourth-order valence-corrected chi connectivity index (χ4v) is 5.83. The highest BCUT2D eigenvalue weighted by Crippen LogP contribution is 2.42. The molecule has 1 aliphatic rings. The minimum Gasteiger partial charge on any atom is -0.411 e. The fourth-order valence-electron chi connectivity index (χ4n) is 4.56. The highest BCUT2D eigenvalue weighted by molar-refractivity contribution is 7.80. The summed E-state index contributed by atoms with van der Waals surface area (Å²) in [5, 5.41) is 5.25. The van der Waals surface area contributed by atoms with Crippen LogP contribution in [0.5, 0.6) is 0 Å². The molecule has 0 atom stereocenters. The highest BCUT2D eigenvalue weighted by atomic mass is 35.5. The highest BCUT2D eigenvalue weighted by Gasteiger charge is 2.33. The predicted octanol–water partition coefficient (Wildman–Crippen LogP) is 6.90. The number of hydrogen-bond acceptors (Lipinski definition) is 4. The molecule has 1 saturated heterocycles. The second-order valence-corrected chi connectivity index (χ2v) is 13.6. The summed E-state index contributed by atoms with van der Waals surface area (Å²) in [7, 11) is 1.05. The summed E-state index contributed by atoms with van der Waals surface area (Å²) >= 11 is 18.5. The number of hydrogen-bond donors (Lipinski definition) is 1. The van der Waals surface area contributed by atoms with Crippen molar-refractivity contribution >= 4 is 77.8 Å². The third kappa shape index (κ3) is 5.63. The molecule has 0 bridgehead atoms. The predicted molar refractivity (Wildman–Crippen MR) is 160 cm³/mol. The number of thiocarbonyl (C=S) groups is 1. The van der Waals surface area contributed by atoms with E-state index in [2.05, 4.69) is 49.0 Å². The lowest BCUT2D eigenvalue weighted by atomic mass is 9.83. The first-order valence-corrected chi connectivity index (χ1v) is 15.6. The van der Waals surface area contributed by atoms with E-state index in [9.17, 15) is 4.79 Å². The first-order chi connectivity index (χ1) is 17.4. The van der Waals surface area contributed by atoms with Crippen LogP contribution in [0.1, 0.15) is 42.4 Å². The number of pyridine rings is 1. The monoisotopic (exact) mass is 573 g/mol. The molecule has 3 aromatic rings. The van der Waals surface area contributed by atoms with E-state index in [1.807, 2.05) is 25.2 Å². The van der Waals surface area contributed by atoms with Gasteiger partial charge < -0.3 is 19.5 Å². The average Bonchev–Trinajstić information content (AvgIpc) is 3.14. The first kappa shape index (κ1) is 27.8. The van der Waals surface area contributed by atoms with E-state index in [1.54, 1.807) is 18.2 Å². The van der Waals surface area contributed by atoms with Crippen LogP contribution in [0.3, 0.4) is 0 Å². The van der Waals surface area contributed by atoms with Crippen LogP contribution in [0.2, 0.25) is 23.1 Å². The molecule has 0 spiro atoms.